The summed E-state index contributed by atoms with van der Waals surface area (Å²) >= 11 is 0. The SMILES string of the molecule is C[C@H](N)C(=O)N[C@H](C(=O)N1CCC[C@H]1C(=O)NC(c1ccccc1)c1ccccc1)C1CC1. The molecule has 33 heavy (non-hydrogen) atoms. The van der Waals surface area contributed by atoms with Gasteiger partial charge in [-0.05, 0) is 49.7 Å². The van der Waals surface area contributed by atoms with Crippen LogP contribution in [0.15, 0.2) is 60.7 Å². The summed E-state index contributed by atoms with van der Waals surface area (Å²) in [5, 5.41) is 6.00. The van der Waals surface area contributed by atoms with E-state index in [0.717, 1.165) is 30.4 Å². The first kappa shape index (κ1) is 23.0. The van der Waals surface area contributed by atoms with E-state index in [4.69, 9.17) is 5.73 Å². The maximum atomic E-state index is 13.4. The van der Waals surface area contributed by atoms with Crippen molar-refractivity contribution in [2.24, 2.45) is 11.7 Å². The lowest BCUT2D eigenvalue weighted by Gasteiger charge is -2.30. The van der Waals surface area contributed by atoms with Crippen LogP contribution in [0.4, 0.5) is 0 Å². The number of amides is 3. The minimum absolute atomic E-state index is 0.117. The number of hydrogen-bond donors (Lipinski definition) is 3. The number of nitrogens with one attached hydrogen (secondary N) is 2. The van der Waals surface area contributed by atoms with Gasteiger partial charge in [0.2, 0.25) is 17.7 Å². The third-order valence-corrected chi connectivity index (χ3v) is 6.46. The van der Waals surface area contributed by atoms with E-state index in [-0.39, 0.29) is 29.7 Å². The van der Waals surface area contributed by atoms with Gasteiger partial charge >= 0.3 is 0 Å². The van der Waals surface area contributed by atoms with Crippen LogP contribution < -0.4 is 16.4 Å². The molecule has 0 aromatic heterocycles. The van der Waals surface area contributed by atoms with Crippen molar-refractivity contribution in [2.45, 2.75) is 56.8 Å². The van der Waals surface area contributed by atoms with Gasteiger partial charge in [0.25, 0.3) is 0 Å². The van der Waals surface area contributed by atoms with Crippen LogP contribution in [0, 0.1) is 5.92 Å². The van der Waals surface area contributed by atoms with Crippen molar-refractivity contribution in [3.63, 3.8) is 0 Å². The molecule has 0 bridgehead atoms. The lowest BCUT2D eigenvalue weighted by Crippen LogP contribution is -2.56. The zero-order valence-electron chi connectivity index (χ0n) is 18.9. The number of benzene rings is 2. The van der Waals surface area contributed by atoms with Crippen LogP contribution in [-0.4, -0.2) is 47.3 Å². The molecule has 0 spiro atoms. The molecule has 7 heteroatoms. The van der Waals surface area contributed by atoms with Crippen LogP contribution in [0.2, 0.25) is 0 Å². The van der Waals surface area contributed by atoms with Crippen LogP contribution in [0.5, 0.6) is 0 Å². The van der Waals surface area contributed by atoms with Crippen molar-refractivity contribution >= 4 is 17.7 Å². The Labute approximate surface area is 194 Å². The maximum Gasteiger partial charge on any atom is 0.246 e. The highest BCUT2D eigenvalue weighted by molar-refractivity contribution is 5.94. The van der Waals surface area contributed by atoms with Gasteiger partial charge in [0.05, 0.1) is 12.1 Å². The van der Waals surface area contributed by atoms with Gasteiger partial charge in [0.1, 0.15) is 12.1 Å². The van der Waals surface area contributed by atoms with E-state index in [0.29, 0.717) is 13.0 Å². The molecule has 7 nitrogen and oxygen atoms in total. The summed E-state index contributed by atoms with van der Waals surface area (Å²) in [6.45, 7) is 2.11. The molecule has 1 heterocycles. The molecule has 0 radical (unpaired) electrons. The van der Waals surface area contributed by atoms with Gasteiger partial charge in [-0.2, -0.15) is 0 Å². The number of carbonyl (C=O) groups excluding carboxylic acids is 3. The van der Waals surface area contributed by atoms with E-state index in [9.17, 15) is 14.4 Å². The van der Waals surface area contributed by atoms with Crippen LogP contribution >= 0.6 is 0 Å². The molecule has 3 atom stereocenters. The Morgan fingerprint density at radius 3 is 2.00 bits per heavy atom. The highest BCUT2D eigenvalue weighted by Crippen LogP contribution is 2.35. The predicted molar refractivity (Wildman–Crippen MR) is 126 cm³/mol. The molecule has 2 aromatic carbocycles. The molecule has 1 aliphatic heterocycles. The molecule has 4 N–H and O–H groups in total. The Morgan fingerprint density at radius 1 is 0.909 bits per heavy atom. The molecule has 2 aromatic rings. The highest BCUT2D eigenvalue weighted by atomic mass is 16.2. The van der Waals surface area contributed by atoms with Gasteiger partial charge in [-0.25, -0.2) is 0 Å². The molecule has 2 fully saturated rings. The molecule has 1 aliphatic carbocycles. The fourth-order valence-electron chi connectivity index (χ4n) is 4.47. The lowest BCUT2D eigenvalue weighted by molar-refractivity contribution is -0.142. The normalized spacial score (nSPS) is 19.7. The van der Waals surface area contributed by atoms with Crippen molar-refractivity contribution in [3.8, 4) is 0 Å². The molecule has 3 amide bonds. The molecule has 0 unspecified atom stereocenters. The third kappa shape index (κ3) is 5.42. The summed E-state index contributed by atoms with van der Waals surface area (Å²) in [5.74, 6) is -0.577. The second-order valence-electron chi connectivity index (χ2n) is 9.06. The Morgan fingerprint density at radius 2 is 1.48 bits per heavy atom. The summed E-state index contributed by atoms with van der Waals surface area (Å²) < 4.78 is 0. The van der Waals surface area contributed by atoms with Crippen LogP contribution in [-0.2, 0) is 14.4 Å². The third-order valence-electron chi connectivity index (χ3n) is 6.46. The van der Waals surface area contributed by atoms with Gasteiger partial charge in [-0.1, -0.05) is 60.7 Å². The van der Waals surface area contributed by atoms with Crippen molar-refractivity contribution in [1.29, 1.82) is 0 Å². The minimum atomic E-state index is -0.686. The second-order valence-corrected chi connectivity index (χ2v) is 9.06. The predicted octanol–water partition coefficient (Wildman–Crippen LogP) is 2.13. The monoisotopic (exact) mass is 448 g/mol. The van der Waals surface area contributed by atoms with Crippen molar-refractivity contribution in [1.82, 2.24) is 15.5 Å². The first-order chi connectivity index (χ1) is 16.0. The zero-order valence-corrected chi connectivity index (χ0v) is 18.9. The Bertz CT molecular complexity index is 936. The van der Waals surface area contributed by atoms with Gasteiger partial charge in [-0.15, -0.1) is 0 Å². The van der Waals surface area contributed by atoms with Crippen molar-refractivity contribution < 1.29 is 14.4 Å². The molecule has 1 saturated heterocycles. The van der Waals surface area contributed by atoms with Crippen molar-refractivity contribution in [3.05, 3.63) is 71.8 Å². The second kappa shape index (κ2) is 10.2. The average Bonchev–Trinajstić information content (AvgIpc) is 3.56. The summed E-state index contributed by atoms with van der Waals surface area (Å²) in [6.07, 6.45) is 3.14. The summed E-state index contributed by atoms with van der Waals surface area (Å²) in [4.78, 5) is 40.7. The fourth-order valence-corrected chi connectivity index (χ4v) is 4.47. The molecule has 1 saturated carbocycles. The molecule has 2 aliphatic rings. The van der Waals surface area contributed by atoms with E-state index in [1.54, 1.807) is 11.8 Å². The van der Waals surface area contributed by atoms with Gasteiger partial charge in [0.15, 0.2) is 0 Å². The highest BCUT2D eigenvalue weighted by Gasteiger charge is 2.44. The zero-order chi connectivity index (χ0) is 23.4. The molecular weight excluding hydrogens is 416 g/mol. The van der Waals surface area contributed by atoms with E-state index < -0.39 is 18.1 Å². The largest absolute Gasteiger partial charge is 0.343 e. The van der Waals surface area contributed by atoms with E-state index in [2.05, 4.69) is 10.6 Å². The number of hydrogen-bond acceptors (Lipinski definition) is 4. The van der Waals surface area contributed by atoms with Crippen LogP contribution in [0.3, 0.4) is 0 Å². The van der Waals surface area contributed by atoms with Gasteiger partial charge in [-0.3, -0.25) is 14.4 Å². The van der Waals surface area contributed by atoms with E-state index >= 15 is 0 Å². The Balaban J connectivity index is 1.51. The first-order valence-corrected chi connectivity index (χ1v) is 11.7. The van der Waals surface area contributed by atoms with Crippen LogP contribution in [0.25, 0.3) is 0 Å². The first-order valence-electron chi connectivity index (χ1n) is 11.7. The van der Waals surface area contributed by atoms with Gasteiger partial charge in [0, 0.05) is 6.54 Å². The number of nitrogens with two attached hydrogens (primary N) is 1. The number of nitrogens with zero attached hydrogens (tertiary/aromatic N) is 1. The quantitative estimate of drug-likeness (QED) is 0.575. The van der Waals surface area contributed by atoms with E-state index in [1.807, 2.05) is 60.7 Å². The van der Waals surface area contributed by atoms with Gasteiger partial charge < -0.3 is 21.3 Å². The number of rotatable bonds is 8. The maximum absolute atomic E-state index is 13.4. The average molecular weight is 449 g/mol. The standard InChI is InChI=1S/C26H32N4O3/c1-17(27)24(31)29-23(20-14-15-20)26(33)30-16-8-13-21(30)25(32)28-22(18-9-4-2-5-10-18)19-11-6-3-7-12-19/h2-7,9-12,17,20-23H,8,13-16,27H2,1H3,(H,28,32)(H,29,31)/t17-,21-,23-/m0/s1. The topological polar surface area (TPSA) is 105 Å². The summed E-state index contributed by atoms with van der Waals surface area (Å²) in [6, 6.07) is 17.5. The minimum Gasteiger partial charge on any atom is -0.343 e. The lowest BCUT2D eigenvalue weighted by atomic mass is 9.98. The van der Waals surface area contributed by atoms with E-state index in [1.165, 1.54) is 0 Å². The van der Waals surface area contributed by atoms with Crippen LogP contribution in [0.1, 0.15) is 49.8 Å². The summed E-state index contributed by atoms with van der Waals surface area (Å²) in [5.41, 5.74) is 7.66. The molecule has 4 rings (SSSR count). The molecule has 174 valence electrons. The Hall–Kier alpha value is -3.19. The van der Waals surface area contributed by atoms with Crippen molar-refractivity contribution in [2.75, 3.05) is 6.54 Å². The fraction of sp³-hybridized carbons (Fsp3) is 0.423. The molecular formula is C26H32N4O3. The Kier molecular flexibility index (Phi) is 7.08. The summed E-state index contributed by atoms with van der Waals surface area (Å²) in [7, 11) is 0. The number of likely N-dealkylation sites (tertiary alicyclic amines) is 1. The smallest absolute Gasteiger partial charge is 0.246 e. The number of carbonyl (C=O) groups is 3.